The molecule has 1 saturated carbocycles. The van der Waals surface area contributed by atoms with E-state index in [0.717, 1.165) is 34.6 Å². The normalized spacial score (nSPS) is 22.9. The zero-order valence-corrected chi connectivity index (χ0v) is 16.6. The summed E-state index contributed by atoms with van der Waals surface area (Å²) in [5.41, 5.74) is 1.61. The van der Waals surface area contributed by atoms with E-state index in [1.807, 2.05) is 39.0 Å². The second-order valence-electron chi connectivity index (χ2n) is 7.97. The number of hydrogen-bond acceptors (Lipinski definition) is 4. The zero-order valence-electron chi connectivity index (χ0n) is 16.6. The zero-order chi connectivity index (χ0) is 20.4. The number of anilines is 1. The molecule has 150 valence electrons. The SMILES string of the molecule is CC(C)c1ccccc1NC(=O)CN1C(=O)C(=O)N([C@H]2CCCC[C@@H]2C)C1=O. The van der Waals surface area contributed by atoms with E-state index >= 15 is 0 Å². The van der Waals surface area contributed by atoms with Crippen LogP contribution >= 0.6 is 0 Å². The van der Waals surface area contributed by atoms with Gasteiger partial charge in [0.05, 0.1) is 0 Å². The molecule has 7 heteroatoms. The number of nitrogens with zero attached hydrogens (tertiary/aromatic N) is 2. The quantitative estimate of drug-likeness (QED) is 0.623. The van der Waals surface area contributed by atoms with Crippen molar-refractivity contribution in [3.8, 4) is 0 Å². The summed E-state index contributed by atoms with van der Waals surface area (Å²) < 4.78 is 0. The number of benzene rings is 1. The topological polar surface area (TPSA) is 86.8 Å². The molecule has 0 spiro atoms. The van der Waals surface area contributed by atoms with E-state index in [9.17, 15) is 19.2 Å². The van der Waals surface area contributed by atoms with Crippen molar-refractivity contribution in [3.05, 3.63) is 29.8 Å². The summed E-state index contributed by atoms with van der Waals surface area (Å²) in [5.74, 6) is -1.88. The highest BCUT2D eigenvalue weighted by atomic mass is 16.2. The Morgan fingerprint density at radius 1 is 1.11 bits per heavy atom. The molecule has 0 bridgehead atoms. The Hall–Kier alpha value is -2.70. The Labute approximate surface area is 165 Å². The summed E-state index contributed by atoms with van der Waals surface area (Å²) in [5, 5.41) is 2.76. The van der Waals surface area contributed by atoms with Crippen molar-refractivity contribution in [2.24, 2.45) is 5.92 Å². The van der Waals surface area contributed by atoms with Crippen molar-refractivity contribution in [2.75, 3.05) is 11.9 Å². The Bertz CT molecular complexity index is 805. The highest BCUT2D eigenvalue weighted by Gasteiger charge is 2.49. The number of imide groups is 2. The molecule has 2 fully saturated rings. The maximum absolute atomic E-state index is 12.8. The van der Waals surface area contributed by atoms with Gasteiger partial charge in [-0.05, 0) is 36.3 Å². The Balaban J connectivity index is 1.72. The molecule has 1 saturated heterocycles. The first-order valence-corrected chi connectivity index (χ1v) is 9.89. The van der Waals surface area contributed by atoms with E-state index in [4.69, 9.17) is 0 Å². The van der Waals surface area contributed by atoms with Crippen LogP contribution in [0.25, 0.3) is 0 Å². The summed E-state index contributed by atoms with van der Waals surface area (Å²) in [6, 6.07) is 6.45. The Morgan fingerprint density at radius 3 is 2.46 bits per heavy atom. The molecule has 1 N–H and O–H groups in total. The van der Waals surface area contributed by atoms with Gasteiger partial charge in [0.15, 0.2) is 0 Å². The number of carbonyl (C=O) groups is 4. The minimum absolute atomic E-state index is 0.154. The van der Waals surface area contributed by atoms with E-state index in [-0.39, 0.29) is 17.9 Å². The van der Waals surface area contributed by atoms with Gasteiger partial charge in [-0.1, -0.05) is 51.8 Å². The third-order valence-corrected chi connectivity index (χ3v) is 5.64. The molecule has 7 nitrogen and oxygen atoms in total. The molecule has 1 heterocycles. The van der Waals surface area contributed by atoms with Gasteiger partial charge < -0.3 is 5.32 Å². The highest BCUT2D eigenvalue weighted by Crippen LogP contribution is 2.31. The predicted octanol–water partition coefficient (Wildman–Crippen LogP) is 3.12. The molecule has 3 rings (SSSR count). The Morgan fingerprint density at radius 2 is 1.79 bits per heavy atom. The maximum atomic E-state index is 12.8. The second-order valence-corrected chi connectivity index (χ2v) is 7.97. The first kappa shape index (κ1) is 20.0. The van der Waals surface area contributed by atoms with Crippen LogP contribution in [-0.4, -0.2) is 46.1 Å². The molecule has 5 amide bonds. The minimum atomic E-state index is -0.921. The molecular formula is C21H27N3O4. The van der Waals surface area contributed by atoms with Crippen molar-refractivity contribution in [1.82, 2.24) is 9.80 Å². The second kappa shape index (κ2) is 8.12. The summed E-state index contributed by atoms with van der Waals surface area (Å²) >= 11 is 0. The number of urea groups is 1. The van der Waals surface area contributed by atoms with E-state index in [1.165, 1.54) is 0 Å². The Kier molecular flexibility index (Phi) is 5.82. The van der Waals surface area contributed by atoms with Crippen molar-refractivity contribution in [2.45, 2.75) is 58.4 Å². The van der Waals surface area contributed by atoms with Crippen LogP contribution in [0.4, 0.5) is 10.5 Å². The monoisotopic (exact) mass is 385 g/mol. The smallest absolute Gasteiger partial charge is 0.324 e. The molecule has 1 aromatic carbocycles. The van der Waals surface area contributed by atoms with E-state index in [0.29, 0.717) is 12.1 Å². The average molecular weight is 385 g/mol. The number of hydrogen-bond donors (Lipinski definition) is 1. The van der Waals surface area contributed by atoms with Gasteiger partial charge in [-0.15, -0.1) is 0 Å². The summed E-state index contributed by atoms with van der Waals surface area (Å²) in [7, 11) is 0. The number of rotatable bonds is 5. The average Bonchev–Trinajstić information content (AvgIpc) is 2.86. The summed E-state index contributed by atoms with van der Waals surface area (Å²) in [6.07, 6.45) is 3.60. The molecule has 2 atom stereocenters. The van der Waals surface area contributed by atoms with Crippen LogP contribution in [0.3, 0.4) is 0 Å². The van der Waals surface area contributed by atoms with Crippen LogP contribution in [0.1, 0.15) is 57.9 Å². The van der Waals surface area contributed by atoms with Crippen LogP contribution < -0.4 is 5.32 Å². The highest BCUT2D eigenvalue weighted by molar-refractivity contribution is 6.45. The summed E-state index contributed by atoms with van der Waals surface area (Å²) in [6.45, 7) is 5.56. The molecule has 1 aliphatic carbocycles. The van der Waals surface area contributed by atoms with Gasteiger partial charge in [0.2, 0.25) is 5.91 Å². The predicted molar refractivity (Wildman–Crippen MR) is 105 cm³/mol. The van der Waals surface area contributed by atoms with Gasteiger partial charge in [0, 0.05) is 11.7 Å². The van der Waals surface area contributed by atoms with Gasteiger partial charge in [-0.2, -0.15) is 0 Å². The number of carbonyl (C=O) groups excluding carboxylic acids is 4. The molecule has 1 aliphatic heterocycles. The van der Waals surface area contributed by atoms with Crippen LogP contribution in [-0.2, 0) is 14.4 Å². The largest absolute Gasteiger partial charge is 0.334 e. The van der Waals surface area contributed by atoms with Gasteiger partial charge >= 0.3 is 17.8 Å². The minimum Gasteiger partial charge on any atom is -0.324 e. The van der Waals surface area contributed by atoms with E-state index in [2.05, 4.69) is 5.32 Å². The van der Waals surface area contributed by atoms with Crippen molar-refractivity contribution in [3.63, 3.8) is 0 Å². The lowest BCUT2D eigenvalue weighted by molar-refractivity contribution is -0.145. The lowest BCUT2D eigenvalue weighted by Crippen LogP contribution is -2.46. The lowest BCUT2D eigenvalue weighted by Gasteiger charge is -2.34. The van der Waals surface area contributed by atoms with Gasteiger partial charge in [-0.25, -0.2) is 9.69 Å². The van der Waals surface area contributed by atoms with Crippen LogP contribution in [0.15, 0.2) is 24.3 Å². The standard InChI is InChI=1S/C21H27N3O4/c1-13(2)15-9-5-6-10-16(15)22-18(25)12-23-19(26)20(27)24(21(23)28)17-11-7-4-8-14(17)3/h5-6,9-10,13-14,17H,4,7-8,11-12H2,1-3H3,(H,22,25)/t14-,17-/m0/s1. The fraction of sp³-hybridized carbons (Fsp3) is 0.524. The molecular weight excluding hydrogens is 358 g/mol. The van der Waals surface area contributed by atoms with Crippen LogP contribution in [0, 0.1) is 5.92 Å². The maximum Gasteiger partial charge on any atom is 0.334 e. The van der Waals surface area contributed by atoms with Gasteiger partial charge in [0.25, 0.3) is 0 Å². The lowest BCUT2D eigenvalue weighted by atomic mass is 9.85. The summed E-state index contributed by atoms with van der Waals surface area (Å²) in [4.78, 5) is 51.9. The van der Waals surface area contributed by atoms with Crippen molar-refractivity contribution < 1.29 is 19.2 Å². The molecule has 0 radical (unpaired) electrons. The van der Waals surface area contributed by atoms with E-state index < -0.39 is 30.3 Å². The van der Waals surface area contributed by atoms with Crippen LogP contribution in [0.2, 0.25) is 0 Å². The number of para-hydroxylation sites is 1. The van der Waals surface area contributed by atoms with Gasteiger partial charge in [0.1, 0.15) is 6.54 Å². The molecule has 0 unspecified atom stereocenters. The molecule has 0 aromatic heterocycles. The third-order valence-electron chi connectivity index (χ3n) is 5.64. The molecule has 28 heavy (non-hydrogen) atoms. The first-order valence-electron chi connectivity index (χ1n) is 9.89. The molecule has 2 aliphatic rings. The number of nitrogens with one attached hydrogen (secondary N) is 1. The van der Waals surface area contributed by atoms with E-state index in [1.54, 1.807) is 6.07 Å². The fourth-order valence-corrected chi connectivity index (χ4v) is 4.08. The molecule has 1 aromatic rings. The first-order chi connectivity index (χ1) is 13.3. The van der Waals surface area contributed by atoms with Crippen molar-refractivity contribution in [1.29, 1.82) is 0 Å². The van der Waals surface area contributed by atoms with Crippen LogP contribution in [0.5, 0.6) is 0 Å². The fourth-order valence-electron chi connectivity index (χ4n) is 4.08. The van der Waals surface area contributed by atoms with Crippen molar-refractivity contribution >= 4 is 29.4 Å². The third kappa shape index (κ3) is 3.79. The number of amides is 5. The van der Waals surface area contributed by atoms with Gasteiger partial charge in [-0.3, -0.25) is 19.3 Å².